The zero-order valence-corrected chi connectivity index (χ0v) is 12.9. The molecule has 3 aromatic heterocycles. The van der Waals surface area contributed by atoms with Crippen molar-refractivity contribution in [3.05, 3.63) is 58.2 Å². The van der Waals surface area contributed by atoms with Crippen LogP contribution in [0.1, 0.15) is 17.0 Å². The Balaban J connectivity index is 1.78. The molecule has 0 radical (unpaired) electrons. The van der Waals surface area contributed by atoms with E-state index in [1.807, 2.05) is 59.6 Å². The van der Waals surface area contributed by atoms with Gasteiger partial charge in [0.2, 0.25) is 5.91 Å². The van der Waals surface area contributed by atoms with E-state index in [0.29, 0.717) is 13.0 Å². The summed E-state index contributed by atoms with van der Waals surface area (Å²) in [5, 5.41) is 4.02. The summed E-state index contributed by atoms with van der Waals surface area (Å²) in [5.41, 5.74) is 4.03. The first-order valence-electron chi connectivity index (χ1n) is 6.83. The predicted octanol–water partition coefficient (Wildman–Crippen LogP) is 2.91. The molecule has 0 bridgehead atoms. The van der Waals surface area contributed by atoms with Crippen molar-refractivity contribution in [2.75, 3.05) is 7.05 Å². The molecule has 0 aliphatic rings. The first-order chi connectivity index (χ1) is 10.1. The Morgan fingerprint density at radius 1 is 1.38 bits per heavy atom. The van der Waals surface area contributed by atoms with Crippen LogP contribution in [0.2, 0.25) is 0 Å². The standard InChI is InChI=1S/C16H17N3OS/c1-12-14(19-7-4-3-5-15(19)17-12)10-18(2)16(20)9-13-6-8-21-11-13/h3-8,11H,9-10H2,1-2H3. The molecule has 3 aromatic rings. The molecular formula is C16H17N3OS. The van der Waals surface area contributed by atoms with Gasteiger partial charge in [-0.05, 0) is 41.4 Å². The minimum atomic E-state index is 0.124. The van der Waals surface area contributed by atoms with Gasteiger partial charge in [0.1, 0.15) is 5.65 Å². The number of rotatable bonds is 4. The van der Waals surface area contributed by atoms with Crippen LogP contribution in [0, 0.1) is 6.92 Å². The summed E-state index contributed by atoms with van der Waals surface area (Å²) in [6.45, 7) is 2.56. The maximum absolute atomic E-state index is 12.3. The molecule has 0 N–H and O–H groups in total. The quantitative estimate of drug-likeness (QED) is 0.743. The number of likely N-dealkylation sites (N-methyl/N-ethyl adjacent to an activating group) is 1. The lowest BCUT2D eigenvalue weighted by molar-refractivity contribution is -0.129. The van der Waals surface area contributed by atoms with Gasteiger partial charge in [-0.25, -0.2) is 4.98 Å². The Kier molecular flexibility index (Phi) is 3.75. The highest BCUT2D eigenvalue weighted by atomic mass is 32.1. The number of imidazole rings is 1. The van der Waals surface area contributed by atoms with Crippen molar-refractivity contribution in [1.29, 1.82) is 0 Å². The molecule has 4 nitrogen and oxygen atoms in total. The Morgan fingerprint density at radius 3 is 3.00 bits per heavy atom. The smallest absolute Gasteiger partial charge is 0.227 e. The minimum absolute atomic E-state index is 0.124. The van der Waals surface area contributed by atoms with Gasteiger partial charge in [0.25, 0.3) is 0 Å². The van der Waals surface area contributed by atoms with Gasteiger partial charge in [-0.1, -0.05) is 6.07 Å². The molecule has 0 aliphatic carbocycles. The van der Waals surface area contributed by atoms with Crippen molar-refractivity contribution in [2.24, 2.45) is 0 Å². The molecule has 5 heteroatoms. The molecule has 0 aliphatic heterocycles. The molecule has 0 unspecified atom stereocenters. The number of carbonyl (C=O) groups excluding carboxylic acids is 1. The van der Waals surface area contributed by atoms with Crippen LogP contribution in [0.5, 0.6) is 0 Å². The van der Waals surface area contributed by atoms with E-state index in [1.165, 1.54) is 0 Å². The highest BCUT2D eigenvalue weighted by Crippen LogP contribution is 2.14. The van der Waals surface area contributed by atoms with Crippen LogP contribution in [0.3, 0.4) is 0 Å². The third kappa shape index (κ3) is 2.83. The zero-order chi connectivity index (χ0) is 14.8. The normalized spacial score (nSPS) is 11.0. The van der Waals surface area contributed by atoms with Crippen molar-refractivity contribution in [1.82, 2.24) is 14.3 Å². The molecule has 21 heavy (non-hydrogen) atoms. The summed E-state index contributed by atoms with van der Waals surface area (Å²) >= 11 is 1.62. The first-order valence-corrected chi connectivity index (χ1v) is 7.77. The predicted molar refractivity (Wildman–Crippen MR) is 84.4 cm³/mol. The fourth-order valence-corrected chi connectivity index (χ4v) is 3.04. The number of nitrogens with zero attached hydrogens (tertiary/aromatic N) is 3. The average molecular weight is 299 g/mol. The number of amides is 1. The fourth-order valence-electron chi connectivity index (χ4n) is 2.37. The van der Waals surface area contributed by atoms with Crippen LogP contribution < -0.4 is 0 Å². The number of carbonyl (C=O) groups is 1. The van der Waals surface area contributed by atoms with Crippen LogP contribution in [-0.4, -0.2) is 27.2 Å². The summed E-state index contributed by atoms with van der Waals surface area (Å²) in [6, 6.07) is 7.92. The molecule has 0 spiro atoms. The molecule has 3 rings (SSSR count). The fraction of sp³-hybridized carbons (Fsp3) is 0.250. The third-order valence-corrected chi connectivity index (χ3v) is 4.31. The Morgan fingerprint density at radius 2 is 2.24 bits per heavy atom. The Hall–Kier alpha value is -2.14. The van der Waals surface area contributed by atoms with E-state index in [-0.39, 0.29) is 5.91 Å². The first kappa shape index (κ1) is 13.8. The van der Waals surface area contributed by atoms with E-state index < -0.39 is 0 Å². The molecule has 0 saturated heterocycles. The molecule has 1 amide bonds. The summed E-state index contributed by atoms with van der Waals surface area (Å²) in [5.74, 6) is 0.124. The largest absolute Gasteiger partial charge is 0.340 e. The maximum atomic E-state index is 12.3. The SMILES string of the molecule is Cc1nc2ccccn2c1CN(C)C(=O)Cc1ccsc1. The van der Waals surface area contributed by atoms with Crippen LogP contribution in [0.15, 0.2) is 41.2 Å². The number of thiophene rings is 1. The third-order valence-electron chi connectivity index (χ3n) is 3.58. The lowest BCUT2D eigenvalue weighted by Gasteiger charge is -2.17. The lowest BCUT2D eigenvalue weighted by atomic mass is 10.2. The lowest BCUT2D eigenvalue weighted by Crippen LogP contribution is -2.28. The van der Waals surface area contributed by atoms with Gasteiger partial charge in [-0.15, -0.1) is 0 Å². The summed E-state index contributed by atoms with van der Waals surface area (Å²) < 4.78 is 2.05. The topological polar surface area (TPSA) is 37.6 Å². The van der Waals surface area contributed by atoms with Crippen LogP contribution in [0.25, 0.3) is 5.65 Å². The van der Waals surface area contributed by atoms with Crippen LogP contribution >= 0.6 is 11.3 Å². The van der Waals surface area contributed by atoms with Crippen LogP contribution in [0.4, 0.5) is 0 Å². The molecule has 108 valence electrons. The summed E-state index contributed by atoms with van der Waals surface area (Å²) in [4.78, 5) is 18.6. The van der Waals surface area contributed by atoms with Gasteiger partial charge >= 0.3 is 0 Å². The molecule has 0 fully saturated rings. The van der Waals surface area contributed by atoms with Gasteiger partial charge in [-0.3, -0.25) is 4.79 Å². The highest BCUT2D eigenvalue weighted by Gasteiger charge is 2.15. The van der Waals surface area contributed by atoms with E-state index in [4.69, 9.17) is 0 Å². The van der Waals surface area contributed by atoms with Crippen molar-refractivity contribution >= 4 is 22.9 Å². The van der Waals surface area contributed by atoms with E-state index in [1.54, 1.807) is 16.2 Å². The summed E-state index contributed by atoms with van der Waals surface area (Å²) in [7, 11) is 1.84. The van der Waals surface area contributed by atoms with Crippen molar-refractivity contribution in [2.45, 2.75) is 19.9 Å². The zero-order valence-electron chi connectivity index (χ0n) is 12.1. The minimum Gasteiger partial charge on any atom is -0.340 e. The summed E-state index contributed by atoms with van der Waals surface area (Å²) in [6.07, 6.45) is 2.44. The van der Waals surface area contributed by atoms with Crippen molar-refractivity contribution < 1.29 is 4.79 Å². The van der Waals surface area contributed by atoms with Gasteiger partial charge in [0.05, 0.1) is 24.4 Å². The molecular weight excluding hydrogens is 282 g/mol. The van der Waals surface area contributed by atoms with Crippen LogP contribution in [-0.2, 0) is 17.8 Å². The molecule has 0 aromatic carbocycles. The Bertz CT molecular complexity index is 761. The highest BCUT2D eigenvalue weighted by molar-refractivity contribution is 7.07. The van der Waals surface area contributed by atoms with Gasteiger partial charge < -0.3 is 9.30 Å². The van der Waals surface area contributed by atoms with E-state index in [9.17, 15) is 4.79 Å². The number of aromatic nitrogens is 2. The Labute approximate surface area is 127 Å². The monoisotopic (exact) mass is 299 g/mol. The van der Waals surface area contributed by atoms with Gasteiger partial charge in [-0.2, -0.15) is 11.3 Å². The van der Waals surface area contributed by atoms with Crippen molar-refractivity contribution in [3.63, 3.8) is 0 Å². The molecule has 3 heterocycles. The molecule has 0 saturated carbocycles. The number of hydrogen-bond donors (Lipinski definition) is 0. The van der Waals surface area contributed by atoms with Crippen molar-refractivity contribution in [3.8, 4) is 0 Å². The number of hydrogen-bond acceptors (Lipinski definition) is 3. The van der Waals surface area contributed by atoms with E-state index in [2.05, 4.69) is 4.98 Å². The van der Waals surface area contributed by atoms with E-state index >= 15 is 0 Å². The van der Waals surface area contributed by atoms with Gasteiger partial charge in [0.15, 0.2) is 0 Å². The maximum Gasteiger partial charge on any atom is 0.227 e. The second kappa shape index (κ2) is 5.69. The van der Waals surface area contributed by atoms with E-state index in [0.717, 1.165) is 22.6 Å². The number of pyridine rings is 1. The molecule has 0 atom stereocenters. The van der Waals surface area contributed by atoms with Gasteiger partial charge in [0, 0.05) is 13.2 Å². The second-order valence-electron chi connectivity index (χ2n) is 5.13. The second-order valence-corrected chi connectivity index (χ2v) is 5.91. The number of aryl methyl sites for hydroxylation is 1. The number of fused-ring (bicyclic) bond motifs is 1. The average Bonchev–Trinajstić information content (AvgIpc) is 3.07.